The molecule has 0 aromatic carbocycles. The smallest absolute Gasteiger partial charge is 0.154 e. The van der Waals surface area contributed by atoms with E-state index >= 15 is 0 Å². The van der Waals surface area contributed by atoms with Crippen molar-refractivity contribution in [1.82, 2.24) is 25.1 Å². The highest BCUT2D eigenvalue weighted by Crippen LogP contribution is 2.24. The van der Waals surface area contributed by atoms with Gasteiger partial charge >= 0.3 is 0 Å². The van der Waals surface area contributed by atoms with Crippen molar-refractivity contribution in [2.75, 3.05) is 6.54 Å². The molecule has 0 saturated carbocycles. The van der Waals surface area contributed by atoms with Crippen molar-refractivity contribution < 1.29 is 0 Å². The third-order valence-electron chi connectivity index (χ3n) is 3.73. The predicted octanol–water partition coefficient (Wildman–Crippen LogP) is 2.02. The van der Waals surface area contributed by atoms with Crippen molar-refractivity contribution in [3.05, 3.63) is 64.1 Å². The molecule has 3 aromatic rings. The van der Waals surface area contributed by atoms with E-state index in [-0.39, 0.29) is 6.04 Å². The van der Waals surface area contributed by atoms with Crippen molar-refractivity contribution in [2.45, 2.75) is 19.0 Å². The van der Waals surface area contributed by atoms with Crippen LogP contribution in [0.15, 0.2) is 42.0 Å². The molecular formula is C15H15N5S. The Labute approximate surface area is 126 Å². The maximum absolute atomic E-state index is 4.42. The fourth-order valence-electron chi connectivity index (χ4n) is 2.73. The zero-order chi connectivity index (χ0) is 14.1. The van der Waals surface area contributed by atoms with E-state index in [1.807, 2.05) is 12.3 Å². The van der Waals surface area contributed by atoms with Gasteiger partial charge in [0.25, 0.3) is 0 Å². The molecule has 0 aliphatic carbocycles. The zero-order valence-electron chi connectivity index (χ0n) is 11.4. The summed E-state index contributed by atoms with van der Waals surface area (Å²) in [5, 5.41) is 14.4. The van der Waals surface area contributed by atoms with Gasteiger partial charge in [0.1, 0.15) is 5.82 Å². The summed E-state index contributed by atoms with van der Waals surface area (Å²) in [4.78, 5) is 5.53. The average Bonchev–Trinajstić information content (AvgIpc) is 3.19. The summed E-state index contributed by atoms with van der Waals surface area (Å²) in [5.74, 6) is 2.03. The van der Waals surface area contributed by atoms with Gasteiger partial charge in [0.15, 0.2) is 5.82 Å². The summed E-state index contributed by atoms with van der Waals surface area (Å²) in [5.41, 5.74) is 1.13. The second kappa shape index (κ2) is 5.38. The lowest BCUT2D eigenvalue weighted by atomic mass is 10.1. The Bertz CT molecular complexity index is 720. The molecule has 5 nitrogen and oxygen atoms in total. The van der Waals surface area contributed by atoms with Crippen LogP contribution in [0.2, 0.25) is 0 Å². The number of fused-ring (bicyclic) bond motifs is 1. The molecule has 1 atom stereocenters. The Morgan fingerprint density at radius 2 is 2.29 bits per heavy atom. The third-order valence-corrected chi connectivity index (χ3v) is 4.60. The third kappa shape index (κ3) is 2.36. The first-order valence-corrected chi connectivity index (χ1v) is 7.87. The van der Waals surface area contributed by atoms with Gasteiger partial charge in [-0.3, -0.25) is 4.98 Å². The van der Waals surface area contributed by atoms with Crippen LogP contribution in [0.25, 0.3) is 0 Å². The predicted molar refractivity (Wildman–Crippen MR) is 81.2 cm³/mol. The normalized spacial score (nSPS) is 17.6. The average molecular weight is 297 g/mol. The lowest BCUT2D eigenvalue weighted by molar-refractivity contribution is 0.448. The van der Waals surface area contributed by atoms with Crippen LogP contribution < -0.4 is 5.32 Å². The number of thiophene rings is 1. The Balaban J connectivity index is 1.68. The van der Waals surface area contributed by atoms with E-state index in [4.69, 9.17) is 0 Å². The van der Waals surface area contributed by atoms with Gasteiger partial charge in [-0.2, -0.15) is 0 Å². The molecule has 0 spiro atoms. The highest BCUT2D eigenvalue weighted by Gasteiger charge is 2.26. The monoisotopic (exact) mass is 297 g/mol. The number of nitrogens with one attached hydrogen (secondary N) is 1. The molecule has 4 rings (SSSR count). The summed E-state index contributed by atoms with van der Waals surface area (Å²) < 4.78 is 2.24. The van der Waals surface area contributed by atoms with Gasteiger partial charge in [0, 0.05) is 36.8 Å². The van der Waals surface area contributed by atoms with Crippen LogP contribution >= 0.6 is 11.3 Å². The first kappa shape index (κ1) is 12.7. The number of hydrogen-bond donors (Lipinski definition) is 1. The van der Waals surface area contributed by atoms with E-state index in [1.54, 1.807) is 17.5 Å². The van der Waals surface area contributed by atoms with E-state index in [2.05, 4.69) is 48.6 Å². The highest BCUT2D eigenvalue weighted by molar-refractivity contribution is 7.09. The van der Waals surface area contributed by atoms with Crippen LogP contribution in [0, 0.1) is 0 Å². The Kier molecular flexibility index (Phi) is 3.25. The second-order valence-electron chi connectivity index (χ2n) is 5.06. The molecule has 1 unspecified atom stereocenters. The molecule has 4 heterocycles. The van der Waals surface area contributed by atoms with Gasteiger partial charge in [-0.25, -0.2) is 0 Å². The fourth-order valence-corrected chi connectivity index (χ4v) is 3.43. The van der Waals surface area contributed by atoms with Gasteiger partial charge in [0.05, 0.1) is 6.04 Å². The molecular weight excluding hydrogens is 282 g/mol. The minimum atomic E-state index is 0.0806. The number of rotatable bonds is 3. The molecule has 0 fully saturated rings. The van der Waals surface area contributed by atoms with Gasteiger partial charge in [-0.15, -0.1) is 21.5 Å². The van der Waals surface area contributed by atoms with E-state index in [9.17, 15) is 0 Å². The lowest BCUT2D eigenvalue weighted by Gasteiger charge is -2.25. The Hall–Kier alpha value is -2.05. The van der Waals surface area contributed by atoms with Crippen molar-refractivity contribution >= 4 is 11.3 Å². The number of pyridine rings is 1. The molecule has 0 amide bonds. The van der Waals surface area contributed by atoms with Crippen LogP contribution in [-0.2, 0) is 13.0 Å². The number of nitrogens with zero attached hydrogens (tertiary/aromatic N) is 4. The Morgan fingerprint density at radius 3 is 3.10 bits per heavy atom. The summed E-state index contributed by atoms with van der Waals surface area (Å²) in [6.45, 7) is 1.84. The van der Waals surface area contributed by atoms with Gasteiger partial charge < -0.3 is 9.88 Å². The van der Waals surface area contributed by atoms with E-state index in [1.165, 1.54) is 4.88 Å². The highest BCUT2D eigenvalue weighted by atomic mass is 32.1. The summed E-state index contributed by atoms with van der Waals surface area (Å²) >= 11 is 1.76. The molecule has 0 radical (unpaired) electrons. The van der Waals surface area contributed by atoms with Crippen LogP contribution in [0.1, 0.15) is 28.1 Å². The minimum Gasteiger partial charge on any atom is -0.312 e. The summed E-state index contributed by atoms with van der Waals surface area (Å²) in [6, 6.07) is 8.34. The quantitative estimate of drug-likeness (QED) is 0.803. The number of hydrogen-bond acceptors (Lipinski definition) is 5. The minimum absolute atomic E-state index is 0.0806. The second-order valence-corrected chi connectivity index (χ2v) is 6.09. The first-order chi connectivity index (χ1) is 10.4. The lowest BCUT2D eigenvalue weighted by Crippen LogP contribution is -2.35. The molecule has 106 valence electrons. The SMILES string of the molecule is c1cncc(C2NCCn3c(Cc4cccs4)nnc32)c1. The molecule has 1 N–H and O–H groups in total. The van der Waals surface area contributed by atoms with Crippen LogP contribution in [0.3, 0.4) is 0 Å². The first-order valence-electron chi connectivity index (χ1n) is 6.99. The van der Waals surface area contributed by atoms with E-state index in [0.29, 0.717) is 0 Å². The standard InChI is InChI=1S/C15H15N5S/c1-3-11(10-16-5-1)14-15-19-18-13(20(15)7-6-17-14)9-12-4-2-8-21-12/h1-5,8,10,14,17H,6-7,9H2. The molecule has 1 aliphatic rings. The van der Waals surface area contributed by atoms with E-state index < -0.39 is 0 Å². The van der Waals surface area contributed by atoms with Gasteiger partial charge in [-0.1, -0.05) is 12.1 Å². The largest absolute Gasteiger partial charge is 0.312 e. The molecule has 6 heteroatoms. The maximum atomic E-state index is 4.42. The topological polar surface area (TPSA) is 55.6 Å². The molecule has 1 aliphatic heterocycles. The fraction of sp³-hybridized carbons (Fsp3) is 0.267. The van der Waals surface area contributed by atoms with Gasteiger partial charge in [-0.05, 0) is 23.1 Å². The molecule has 21 heavy (non-hydrogen) atoms. The van der Waals surface area contributed by atoms with Crippen molar-refractivity contribution in [3.8, 4) is 0 Å². The summed E-state index contributed by atoms with van der Waals surface area (Å²) in [7, 11) is 0. The van der Waals surface area contributed by atoms with Crippen LogP contribution in [0.4, 0.5) is 0 Å². The maximum Gasteiger partial charge on any atom is 0.154 e. The van der Waals surface area contributed by atoms with Crippen LogP contribution in [-0.4, -0.2) is 26.3 Å². The molecule has 0 saturated heterocycles. The number of aromatic nitrogens is 4. The van der Waals surface area contributed by atoms with Crippen molar-refractivity contribution in [2.24, 2.45) is 0 Å². The van der Waals surface area contributed by atoms with Crippen molar-refractivity contribution in [3.63, 3.8) is 0 Å². The van der Waals surface area contributed by atoms with Gasteiger partial charge in [0.2, 0.25) is 0 Å². The molecule has 0 bridgehead atoms. The summed E-state index contributed by atoms with van der Waals surface area (Å²) in [6.07, 6.45) is 4.53. The Morgan fingerprint density at radius 1 is 1.29 bits per heavy atom. The van der Waals surface area contributed by atoms with Crippen LogP contribution in [0.5, 0.6) is 0 Å². The zero-order valence-corrected chi connectivity index (χ0v) is 12.3. The molecule has 3 aromatic heterocycles. The van der Waals surface area contributed by atoms with Crippen molar-refractivity contribution in [1.29, 1.82) is 0 Å². The van der Waals surface area contributed by atoms with E-state index in [0.717, 1.165) is 36.7 Å².